The summed E-state index contributed by atoms with van der Waals surface area (Å²) in [7, 11) is 0. The zero-order valence-electron chi connectivity index (χ0n) is 13.9. The minimum Gasteiger partial charge on any atom is -0.479 e. The van der Waals surface area contributed by atoms with E-state index in [9.17, 15) is 24.9 Å². The van der Waals surface area contributed by atoms with Gasteiger partial charge in [-0.25, -0.2) is 4.79 Å². The third-order valence-electron chi connectivity index (χ3n) is 3.79. The van der Waals surface area contributed by atoms with Crippen LogP contribution in [-0.4, -0.2) is 70.1 Å². The normalized spacial score (nSPS) is 28.2. The molecular weight excluding hydrogens is 350 g/mol. The molecule has 1 aromatic rings. The maximum Gasteiger partial charge on any atom is 0.335 e. The second kappa shape index (κ2) is 8.81. The number of hydrogen-bond donors (Lipinski definition) is 5. The maximum absolute atomic E-state index is 11.1. The lowest BCUT2D eigenvalue weighted by Crippen LogP contribution is -2.61. The summed E-state index contributed by atoms with van der Waals surface area (Å²) in [5, 5.41) is 41.6. The Balaban J connectivity index is 2.22. The Morgan fingerprint density at radius 3 is 2.62 bits per heavy atom. The average Bonchev–Trinajstić information content (AvgIpc) is 2.61. The smallest absolute Gasteiger partial charge is 0.335 e. The van der Waals surface area contributed by atoms with Crippen LogP contribution < -0.4 is 10.1 Å². The van der Waals surface area contributed by atoms with E-state index >= 15 is 0 Å². The van der Waals surface area contributed by atoms with Crippen molar-refractivity contribution in [3.05, 3.63) is 23.8 Å². The SMILES string of the molecule is CCNc1cc(COC=O)ccc1O[C@@H]1O[C@H](C(=O)O)[C@@H](O)[C@H](O)[C@H]1O. The second-order valence-electron chi connectivity index (χ2n) is 5.62. The predicted molar refractivity (Wildman–Crippen MR) is 86.4 cm³/mol. The van der Waals surface area contributed by atoms with Crippen LogP contribution in [0.2, 0.25) is 0 Å². The Morgan fingerprint density at radius 2 is 2.00 bits per heavy atom. The fourth-order valence-corrected chi connectivity index (χ4v) is 2.50. The van der Waals surface area contributed by atoms with Crippen molar-refractivity contribution in [2.24, 2.45) is 0 Å². The minimum atomic E-state index is -1.79. The van der Waals surface area contributed by atoms with Gasteiger partial charge in [-0.05, 0) is 24.6 Å². The van der Waals surface area contributed by atoms with E-state index in [0.717, 1.165) is 0 Å². The molecule has 1 saturated heterocycles. The lowest BCUT2D eigenvalue weighted by Gasteiger charge is -2.38. The lowest BCUT2D eigenvalue weighted by molar-refractivity contribution is -0.271. The number of aliphatic carboxylic acids is 1. The molecule has 0 bridgehead atoms. The fraction of sp³-hybridized carbons (Fsp3) is 0.500. The molecule has 1 aliphatic heterocycles. The molecular formula is C16H21NO9. The Bertz CT molecular complexity index is 638. The molecule has 144 valence electrons. The van der Waals surface area contributed by atoms with Gasteiger partial charge in [0.05, 0.1) is 5.69 Å². The summed E-state index contributed by atoms with van der Waals surface area (Å²) in [6.45, 7) is 2.74. The number of rotatable bonds is 8. The van der Waals surface area contributed by atoms with Gasteiger partial charge >= 0.3 is 5.97 Å². The summed E-state index contributed by atoms with van der Waals surface area (Å²) in [6, 6.07) is 4.77. The molecule has 5 N–H and O–H groups in total. The van der Waals surface area contributed by atoms with Crippen LogP contribution in [0, 0.1) is 0 Å². The molecule has 10 heteroatoms. The van der Waals surface area contributed by atoms with E-state index in [4.69, 9.17) is 14.6 Å². The van der Waals surface area contributed by atoms with Crippen LogP contribution in [0.1, 0.15) is 12.5 Å². The molecule has 0 aliphatic carbocycles. The van der Waals surface area contributed by atoms with Gasteiger partial charge in [-0.2, -0.15) is 0 Å². The van der Waals surface area contributed by atoms with Crippen molar-refractivity contribution in [2.45, 2.75) is 44.2 Å². The Kier molecular flexibility index (Phi) is 6.75. The third-order valence-corrected chi connectivity index (χ3v) is 3.79. The van der Waals surface area contributed by atoms with Crippen LogP contribution in [0.5, 0.6) is 5.75 Å². The molecule has 26 heavy (non-hydrogen) atoms. The summed E-state index contributed by atoms with van der Waals surface area (Å²) in [5.41, 5.74) is 1.16. The van der Waals surface area contributed by atoms with E-state index in [2.05, 4.69) is 10.1 Å². The first kappa shape index (κ1) is 19.9. The van der Waals surface area contributed by atoms with Gasteiger partial charge in [0, 0.05) is 6.54 Å². The van der Waals surface area contributed by atoms with Gasteiger partial charge in [0.2, 0.25) is 6.29 Å². The number of nitrogens with one attached hydrogen (secondary N) is 1. The lowest BCUT2D eigenvalue weighted by atomic mass is 9.99. The number of anilines is 1. The molecule has 0 aromatic heterocycles. The molecule has 0 radical (unpaired) electrons. The summed E-state index contributed by atoms with van der Waals surface area (Å²) in [4.78, 5) is 21.4. The van der Waals surface area contributed by atoms with Crippen molar-refractivity contribution in [3.8, 4) is 5.75 Å². The monoisotopic (exact) mass is 371 g/mol. The van der Waals surface area contributed by atoms with Gasteiger partial charge in [0.15, 0.2) is 6.10 Å². The average molecular weight is 371 g/mol. The zero-order valence-corrected chi connectivity index (χ0v) is 13.9. The molecule has 2 rings (SSSR count). The minimum absolute atomic E-state index is 0.0523. The van der Waals surface area contributed by atoms with Crippen LogP contribution >= 0.6 is 0 Å². The highest BCUT2D eigenvalue weighted by Gasteiger charge is 2.48. The van der Waals surface area contributed by atoms with Crippen molar-refractivity contribution < 1.29 is 44.2 Å². The van der Waals surface area contributed by atoms with E-state index in [0.29, 0.717) is 24.3 Å². The first-order valence-electron chi connectivity index (χ1n) is 7.90. The van der Waals surface area contributed by atoms with E-state index in [1.807, 2.05) is 6.92 Å². The van der Waals surface area contributed by atoms with Crippen LogP contribution in [0.4, 0.5) is 5.69 Å². The van der Waals surface area contributed by atoms with Crippen LogP contribution in [-0.2, 0) is 25.7 Å². The summed E-state index contributed by atoms with van der Waals surface area (Å²) in [6.07, 6.45) is -8.46. The fourth-order valence-electron chi connectivity index (χ4n) is 2.50. The second-order valence-corrected chi connectivity index (χ2v) is 5.62. The molecule has 0 amide bonds. The number of aliphatic hydroxyl groups excluding tert-OH is 3. The molecule has 1 heterocycles. The third kappa shape index (κ3) is 4.41. The van der Waals surface area contributed by atoms with Crippen molar-refractivity contribution in [1.29, 1.82) is 0 Å². The van der Waals surface area contributed by atoms with Crippen LogP contribution in [0.15, 0.2) is 18.2 Å². The van der Waals surface area contributed by atoms with Gasteiger partial charge in [-0.1, -0.05) is 6.07 Å². The number of carboxylic acid groups (broad SMARTS) is 1. The molecule has 1 aromatic carbocycles. The molecule has 1 fully saturated rings. The highest BCUT2D eigenvalue weighted by molar-refractivity contribution is 5.73. The van der Waals surface area contributed by atoms with Gasteiger partial charge in [0.25, 0.3) is 6.47 Å². The standard InChI is InChI=1S/C16H21NO9/c1-2-17-9-5-8(6-24-7-18)3-4-10(9)25-16-13(21)11(19)12(20)14(26-16)15(22)23/h3-5,7,11-14,16-17,19-21H,2,6H2,1H3,(H,22,23)/t11-,12-,13+,14-,16+/m0/s1. The molecule has 5 atom stereocenters. The maximum atomic E-state index is 11.1. The number of hydrogen-bond acceptors (Lipinski definition) is 9. The largest absolute Gasteiger partial charge is 0.479 e. The number of ether oxygens (including phenoxy) is 3. The molecule has 10 nitrogen and oxygen atoms in total. The molecule has 1 aliphatic rings. The summed E-state index contributed by atoms with van der Waals surface area (Å²) in [5.74, 6) is -1.27. The Labute approximate surface area is 148 Å². The van der Waals surface area contributed by atoms with Gasteiger partial charge in [-0.15, -0.1) is 0 Å². The van der Waals surface area contributed by atoms with Crippen molar-refractivity contribution in [2.75, 3.05) is 11.9 Å². The van der Waals surface area contributed by atoms with E-state index in [1.165, 1.54) is 6.07 Å². The van der Waals surface area contributed by atoms with Crippen LogP contribution in [0.25, 0.3) is 0 Å². The van der Waals surface area contributed by atoms with E-state index < -0.39 is 36.7 Å². The topological polar surface area (TPSA) is 155 Å². The predicted octanol–water partition coefficient (Wildman–Crippen LogP) is -0.938. The highest BCUT2D eigenvalue weighted by Crippen LogP contribution is 2.30. The van der Waals surface area contributed by atoms with E-state index in [-0.39, 0.29) is 12.4 Å². The first-order chi connectivity index (χ1) is 12.4. The molecule has 0 unspecified atom stereocenters. The van der Waals surface area contributed by atoms with Gasteiger partial charge < -0.3 is 40.0 Å². The number of aliphatic hydroxyl groups is 3. The number of carbonyl (C=O) groups excluding carboxylic acids is 1. The molecule has 0 saturated carbocycles. The quantitative estimate of drug-likeness (QED) is 0.362. The van der Waals surface area contributed by atoms with E-state index in [1.54, 1.807) is 12.1 Å². The Hall–Kier alpha value is -2.40. The van der Waals surface area contributed by atoms with Crippen molar-refractivity contribution in [3.63, 3.8) is 0 Å². The Morgan fingerprint density at radius 1 is 1.27 bits per heavy atom. The summed E-state index contributed by atoms with van der Waals surface area (Å²) < 4.78 is 15.3. The first-order valence-corrected chi connectivity index (χ1v) is 7.90. The number of benzene rings is 1. The summed E-state index contributed by atoms with van der Waals surface area (Å²) >= 11 is 0. The van der Waals surface area contributed by atoms with Gasteiger partial charge in [-0.3, -0.25) is 4.79 Å². The number of carbonyl (C=O) groups is 2. The zero-order chi connectivity index (χ0) is 19.3. The van der Waals surface area contributed by atoms with Gasteiger partial charge in [0.1, 0.15) is 30.7 Å². The molecule has 0 spiro atoms. The van der Waals surface area contributed by atoms with Crippen molar-refractivity contribution >= 4 is 18.1 Å². The van der Waals surface area contributed by atoms with Crippen molar-refractivity contribution in [1.82, 2.24) is 0 Å². The number of carboxylic acids is 1. The van der Waals surface area contributed by atoms with Crippen LogP contribution in [0.3, 0.4) is 0 Å². The highest BCUT2D eigenvalue weighted by atomic mass is 16.7.